The number of nitrogens with zero attached hydrogens (tertiary/aromatic N) is 1. The van der Waals surface area contributed by atoms with Crippen LogP contribution in [0.5, 0.6) is 0 Å². The second-order valence-corrected chi connectivity index (χ2v) is 6.76. The number of benzene rings is 2. The number of anilines is 1. The number of amides is 1. The summed E-state index contributed by atoms with van der Waals surface area (Å²) >= 11 is 0. The minimum Gasteiger partial charge on any atom is -0.465 e. The van der Waals surface area contributed by atoms with Gasteiger partial charge < -0.3 is 10.1 Å². The number of carbonyl (C=O) groups is 2. The predicted molar refractivity (Wildman–Crippen MR) is 105 cm³/mol. The number of ether oxygens (including phenoxy) is 1. The van der Waals surface area contributed by atoms with E-state index < -0.39 is 0 Å². The Kier molecular flexibility index (Phi) is 7.60. The van der Waals surface area contributed by atoms with Crippen molar-refractivity contribution < 1.29 is 14.3 Å². The first-order valence-corrected chi connectivity index (χ1v) is 9.15. The summed E-state index contributed by atoms with van der Waals surface area (Å²) in [6.45, 7) is 7.84. The Labute approximate surface area is 155 Å². The Balaban J connectivity index is 1.95. The Hall–Kier alpha value is -2.40. The van der Waals surface area contributed by atoms with E-state index in [2.05, 4.69) is 19.2 Å². The van der Waals surface area contributed by atoms with Crippen LogP contribution in [0.3, 0.4) is 0 Å². The largest absolute Gasteiger partial charge is 0.465 e. The van der Waals surface area contributed by atoms with Crippen molar-refractivity contribution in [1.29, 1.82) is 0 Å². The van der Waals surface area contributed by atoms with Gasteiger partial charge in [-0.15, -0.1) is 0 Å². The molecule has 0 fully saturated rings. The molecule has 0 spiro atoms. The van der Waals surface area contributed by atoms with E-state index in [0.29, 0.717) is 25.5 Å². The quantitative estimate of drug-likeness (QED) is 0.696. The summed E-state index contributed by atoms with van der Waals surface area (Å²) < 4.78 is 5.02. The molecule has 140 valence electrons. The van der Waals surface area contributed by atoms with Crippen molar-refractivity contribution in [3.63, 3.8) is 0 Å². The maximum Gasteiger partial charge on any atom is 0.320 e. The zero-order valence-corrected chi connectivity index (χ0v) is 15.8. The van der Waals surface area contributed by atoms with E-state index in [4.69, 9.17) is 4.74 Å². The smallest absolute Gasteiger partial charge is 0.320 e. The Morgan fingerprint density at radius 2 is 1.85 bits per heavy atom. The average molecular weight is 356 g/mol. The second-order valence-electron chi connectivity index (χ2n) is 6.76. The van der Waals surface area contributed by atoms with Gasteiger partial charge in [0.2, 0.25) is 5.91 Å². The highest BCUT2D eigenvalue weighted by molar-refractivity contribution is 6.02. The van der Waals surface area contributed by atoms with Crippen LogP contribution in [0.2, 0.25) is 0 Å². The third kappa shape index (κ3) is 6.15. The molecule has 5 heteroatoms. The fraction of sp³-hybridized carbons (Fsp3) is 0.429. The number of hydrogen-bond donors (Lipinski definition) is 1. The topological polar surface area (TPSA) is 58.6 Å². The lowest BCUT2D eigenvalue weighted by atomic mass is 10.1. The molecule has 2 rings (SSSR count). The minimum absolute atomic E-state index is 0.0565. The van der Waals surface area contributed by atoms with Crippen LogP contribution in [-0.2, 0) is 14.3 Å². The van der Waals surface area contributed by atoms with Crippen LogP contribution in [-0.4, -0.2) is 43.0 Å². The predicted octanol–water partition coefficient (Wildman–Crippen LogP) is 3.69. The fourth-order valence-electron chi connectivity index (χ4n) is 2.95. The van der Waals surface area contributed by atoms with Gasteiger partial charge in [0, 0.05) is 30.6 Å². The van der Waals surface area contributed by atoms with Crippen molar-refractivity contribution >= 4 is 28.3 Å². The van der Waals surface area contributed by atoms with Gasteiger partial charge in [-0.25, -0.2) is 0 Å². The van der Waals surface area contributed by atoms with E-state index in [1.165, 1.54) is 0 Å². The first kappa shape index (κ1) is 19.9. The Morgan fingerprint density at radius 3 is 2.58 bits per heavy atom. The first-order chi connectivity index (χ1) is 12.5. The van der Waals surface area contributed by atoms with Crippen LogP contribution in [0.25, 0.3) is 10.8 Å². The molecule has 0 heterocycles. The lowest BCUT2D eigenvalue weighted by Gasteiger charge is -2.23. The third-order valence-electron chi connectivity index (χ3n) is 4.00. The van der Waals surface area contributed by atoms with Crippen LogP contribution in [0.4, 0.5) is 5.69 Å². The first-order valence-electron chi connectivity index (χ1n) is 9.15. The van der Waals surface area contributed by atoms with Crippen LogP contribution < -0.4 is 5.32 Å². The average Bonchev–Trinajstić information content (AvgIpc) is 2.60. The van der Waals surface area contributed by atoms with Gasteiger partial charge in [-0.3, -0.25) is 14.5 Å². The van der Waals surface area contributed by atoms with Crippen molar-refractivity contribution in [3.05, 3.63) is 42.5 Å². The molecule has 0 aliphatic rings. The molecule has 26 heavy (non-hydrogen) atoms. The maximum atomic E-state index is 12.4. The van der Waals surface area contributed by atoms with E-state index in [1.54, 1.807) is 6.92 Å². The maximum absolute atomic E-state index is 12.4. The molecule has 5 nitrogen and oxygen atoms in total. The van der Waals surface area contributed by atoms with Crippen LogP contribution in [0, 0.1) is 5.92 Å². The van der Waals surface area contributed by atoms with Gasteiger partial charge in [0.1, 0.15) is 0 Å². The number of hydrogen-bond acceptors (Lipinski definition) is 4. The van der Waals surface area contributed by atoms with Crippen molar-refractivity contribution in [1.82, 2.24) is 4.90 Å². The number of esters is 1. The molecule has 0 saturated heterocycles. The summed E-state index contributed by atoms with van der Waals surface area (Å²) in [4.78, 5) is 26.1. The Morgan fingerprint density at radius 1 is 1.12 bits per heavy atom. The van der Waals surface area contributed by atoms with E-state index in [-0.39, 0.29) is 18.4 Å². The van der Waals surface area contributed by atoms with Gasteiger partial charge in [0.05, 0.1) is 13.2 Å². The zero-order valence-electron chi connectivity index (χ0n) is 15.8. The van der Waals surface area contributed by atoms with E-state index >= 15 is 0 Å². The summed E-state index contributed by atoms with van der Waals surface area (Å²) in [6, 6.07) is 13.8. The number of fused-ring (bicyclic) bond motifs is 1. The fourth-order valence-corrected chi connectivity index (χ4v) is 2.95. The molecule has 2 aromatic rings. The van der Waals surface area contributed by atoms with Gasteiger partial charge in [0.25, 0.3) is 0 Å². The summed E-state index contributed by atoms with van der Waals surface area (Å²) in [6.07, 6.45) is 0.329. The molecule has 0 atom stereocenters. The van der Waals surface area contributed by atoms with Gasteiger partial charge in [-0.1, -0.05) is 50.2 Å². The van der Waals surface area contributed by atoms with Crippen molar-refractivity contribution in [2.24, 2.45) is 5.92 Å². The summed E-state index contributed by atoms with van der Waals surface area (Å²) in [5, 5.41) is 5.10. The molecule has 0 aromatic heterocycles. The molecule has 0 aliphatic heterocycles. The number of carbonyl (C=O) groups excluding carboxylic acids is 2. The van der Waals surface area contributed by atoms with Gasteiger partial charge >= 0.3 is 5.97 Å². The summed E-state index contributed by atoms with van der Waals surface area (Å²) in [5.41, 5.74) is 0.814. The minimum atomic E-state index is -0.248. The second kappa shape index (κ2) is 9.92. The molecular weight excluding hydrogens is 328 g/mol. The lowest BCUT2D eigenvalue weighted by molar-refractivity contribution is -0.144. The van der Waals surface area contributed by atoms with E-state index in [9.17, 15) is 9.59 Å². The van der Waals surface area contributed by atoms with E-state index in [0.717, 1.165) is 23.0 Å². The summed E-state index contributed by atoms with van der Waals surface area (Å²) in [5.74, 6) is 0.104. The van der Waals surface area contributed by atoms with Gasteiger partial charge in [0.15, 0.2) is 0 Å². The van der Waals surface area contributed by atoms with Crippen LogP contribution in [0.15, 0.2) is 42.5 Å². The Bertz CT molecular complexity index is 738. The molecule has 1 amide bonds. The molecule has 2 aromatic carbocycles. The monoisotopic (exact) mass is 356 g/mol. The number of nitrogens with one attached hydrogen (secondary N) is 1. The molecule has 1 N–H and O–H groups in total. The van der Waals surface area contributed by atoms with Crippen molar-refractivity contribution in [3.8, 4) is 0 Å². The van der Waals surface area contributed by atoms with Crippen molar-refractivity contribution in [2.75, 3.05) is 31.6 Å². The zero-order chi connectivity index (χ0) is 18.9. The number of rotatable bonds is 9. The van der Waals surface area contributed by atoms with Crippen LogP contribution >= 0.6 is 0 Å². The molecule has 0 radical (unpaired) electrons. The van der Waals surface area contributed by atoms with Gasteiger partial charge in [-0.05, 0) is 24.3 Å². The lowest BCUT2D eigenvalue weighted by Crippen LogP contribution is -2.36. The van der Waals surface area contributed by atoms with Crippen molar-refractivity contribution in [2.45, 2.75) is 27.2 Å². The molecule has 0 aliphatic carbocycles. The highest BCUT2D eigenvalue weighted by atomic mass is 16.5. The highest BCUT2D eigenvalue weighted by Gasteiger charge is 2.15. The molecule has 0 bridgehead atoms. The SMILES string of the molecule is CCOC(=O)CN(CCC(=O)Nc1cccc2ccccc12)CC(C)C. The standard InChI is InChI=1S/C21H28N2O3/c1-4-26-21(25)15-23(14-16(2)3)13-12-20(24)22-19-11-7-9-17-8-5-6-10-18(17)19/h5-11,16H,4,12-15H2,1-3H3,(H,22,24). The molecule has 0 unspecified atom stereocenters. The normalized spacial score (nSPS) is 11.1. The molecule has 0 saturated carbocycles. The third-order valence-corrected chi connectivity index (χ3v) is 4.00. The van der Waals surface area contributed by atoms with E-state index in [1.807, 2.05) is 47.4 Å². The summed E-state index contributed by atoms with van der Waals surface area (Å²) in [7, 11) is 0. The van der Waals surface area contributed by atoms with Gasteiger partial charge in [-0.2, -0.15) is 0 Å². The highest BCUT2D eigenvalue weighted by Crippen LogP contribution is 2.23. The molecular formula is C21H28N2O3. The van der Waals surface area contributed by atoms with Crippen LogP contribution in [0.1, 0.15) is 27.2 Å².